The third-order valence-corrected chi connectivity index (χ3v) is 10.2. The summed E-state index contributed by atoms with van der Waals surface area (Å²) in [5, 5.41) is 7.85. The van der Waals surface area contributed by atoms with E-state index in [-0.39, 0.29) is 46.8 Å². The number of fused-ring (bicyclic) bond motifs is 1. The molecule has 6 heterocycles. The second-order valence-electron chi connectivity index (χ2n) is 12.1. The van der Waals surface area contributed by atoms with E-state index in [1.54, 1.807) is 6.08 Å². The quantitative estimate of drug-likeness (QED) is 0.369. The van der Waals surface area contributed by atoms with Crippen LogP contribution in [0.4, 0.5) is 11.4 Å². The molecule has 0 aromatic heterocycles. The van der Waals surface area contributed by atoms with Crippen molar-refractivity contribution in [1.29, 1.82) is 0 Å². The lowest BCUT2D eigenvalue weighted by atomic mass is 9.50. The molecule has 2 spiro atoms. The molecule has 0 aliphatic carbocycles. The Hall–Kier alpha value is -3.09. The number of hydrogen-bond acceptors (Lipinski definition) is 5. The maximum Gasteiger partial charge on any atom is 0.247 e. The zero-order valence-electron chi connectivity index (χ0n) is 21.7. The first-order valence-corrected chi connectivity index (χ1v) is 13.7. The number of nitrogens with one attached hydrogen (secondary N) is 2. The molecule has 2 unspecified atom stereocenters. The highest BCUT2D eigenvalue weighted by molar-refractivity contribution is 5.89. The van der Waals surface area contributed by atoms with Crippen LogP contribution in [0.5, 0.6) is 0 Å². The molecular formula is C31H34N4O2. The number of piperidine rings is 1. The van der Waals surface area contributed by atoms with Gasteiger partial charge in [0.1, 0.15) is 12.3 Å². The second kappa shape index (κ2) is 7.06. The molecule has 7 atom stereocenters. The van der Waals surface area contributed by atoms with Gasteiger partial charge in [-0.3, -0.25) is 9.69 Å². The average molecular weight is 495 g/mol. The standard InChI is InChI=1S/C31H34N4O2/c1-4-5-6-14-23(36)34-17-15-30-20-11-7-8-12-21(20)32-27-31(30)16-18-35(28(30)34)25(26-29(2,3)37-26)19-10-9-13-22(33-27)24(19)31/h4-14,25-28,32-33H,15-18H2,1-3H3/b5-4+,14-6+/t25-,26+,27+,28?,30-,31-/m1/s1. The van der Waals surface area contributed by atoms with Crippen LogP contribution in [0.2, 0.25) is 0 Å². The van der Waals surface area contributed by atoms with Crippen LogP contribution < -0.4 is 10.6 Å². The highest BCUT2D eigenvalue weighted by Crippen LogP contribution is 2.71. The molecule has 6 aliphatic heterocycles. The fourth-order valence-electron chi connectivity index (χ4n) is 8.94. The molecule has 3 fully saturated rings. The maximum absolute atomic E-state index is 13.8. The lowest BCUT2D eigenvalue weighted by molar-refractivity contribution is -0.137. The Bertz CT molecular complexity index is 1400. The first-order chi connectivity index (χ1) is 17.9. The molecular weight excluding hydrogens is 460 g/mol. The van der Waals surface area contributed by atoms with Gasteiger partial charge in [0.15, 0.2) is 0 Å². The van der Waals surface area contributed by atoms with Crippen LogP contribution in [0.25, 0.3) is 0 Å². The Morgan fingerprint density at radius 1 is 1.00 bits per heavy atom. The minimum atomic E-state index is -0.218. The molecule has 0 saturated carbocycles. The number of allylic oxidation sites excluding steroid dienone is 3. The number of rotatable bonds is 3. The molecule has 1 amide bonds. The van der Waals surface area contributed by atoms with Gasteiger partial charge in [0.25, 0.3) is 0 Å². The van der Waals surface area contributed by atoms with Crippen molar-refractivity contribution in [3.05, 3.63) is 83.5 Å². The number of likely N-dealkylation sites (tertiary alicyclic amines) is 1. The molecule has 6 aliphatic rings. The summed E-state index contributed by atoms with van der Waals surface area (Å²) in [4.78, 5) is 18.7. The molecule has 0 radical (unpaired) electrons. The highest BCUT2D eigenvalue weighted by atomic mass is 16.6. The zero-order valence-corrected chi connectivity index (χ0v) is 21.7. The molecule has 2 aromatic carbocycles. The van der Waals surface area contributed by atoms with E-state index in [1.165, 1.54) is 28.1 Å². The van der Waals surface area contributed by atoms with Gasteiger partial charge in [-0.15, -0.1) is 0 Å². The van der Waals surface area contributed by atoms with Gasteiger partial charge in [-0.05, 0) is 62.4 Å². The molecule has 190 valence electrons. The lowest BCUT2D eigenvalue weighted by Crippen LogP contribution is -2.72. The zero-order chi connectivity index (χ0) is 25.2. The monoisotopic (exact) mass is 494 g/mol. The average Bonchev–Trinajstić information content (AvgIpc) is 3.24. The smallest absolute Gasteiger partial charge is 0.247 e. The van der Waals surface area contributed by atoms with Crippen LogP contribution in [0.3, 0.4) is 0 Å². The summed E-state index contributed by atoms with van der Waals surface area (Å²) in [6.07, 6.45) is 9.67. The third kappa shape index (κ3) is 2.47. The van der Waals surface area contributed by atoms with Crippen molar-refractivity contribution in [2.45, 2.75) is 74.5 Å². The first-order valence-electron chi connectivity index (χ1n) is 13.7. The number of carbonyl (C=O) groups is 1. The summed E-state index contributed by atoms with van der Waals surface area (Å²) >= 11 is 0. The second-order valence-corrected chi connectivity index (χ2v) is 12.1. The number of ether oxygens (including phenoxy) is 1. The van der Waals surface area contributed by atoms with E-state index in [9.17, 15) is 4.79 Å². The molecule has 2 N–H and O–H groups in total. The van der Waals surface area contributed by atoms with Gasteiger partial charge in [-0.1, -0.05) is 48.6 Å². The van der Waals surface area contributed by atoms with Crippen LogP contribution in [0, 0.1) is 0 Å². The summed E-state index contributed by atoms with van der Waals surface area (Å²) in [5.74, 6) is 0.0986. The number of anilines is 2. The van der Waals surface area contributed by atoms with E-state index in [2.05, 4.69) is 76.7 Å². The summed E-state index contributed by atoms with van der Waals surface area (Å²) in [7, 11) is 0. The van der Waals surface area contributed by atoms with Gasteiger partial charge in [-0.25, -0.2) is 0 Å². The molecule has 2 bridgehead atoms. The molecule has 8 rings (SSSR count). The summed E-state index contributed by atoms with van der Waals surface area (Å²) < 4.78 is 6.40. The van der Waals surface area contributed by atoms with Crippen molar-refractivity contribution in [3.63, 3.8) is 0 Å². The predicted octanol–water partition coefficient (Wildman–Crippen LogP) is 4.67. The van der Waals surface area contributed by atoms with Crippen molar-refractivity contribution in [3.8, 4) is 0 Å². The molecule has 3 saturated heterocycles. The lowest BCUT2D eigenvalue weighted by Gasteiger charge is -2.61. The minimum Gasteiger partial charge on any atom is -0.365 e. The van der Waals surface area contributed by atoms with E-state index < -0.39 is 0 Å². The maximum atomic E-state index is 13.8. The van der Waals surface area contributed by atoms with Crippen LogP contribution in [0.15, 0.2) is 66.8 Å². The minimum absolute atomic E-state index is 0.0418. The van der Waals surface area contributed by atoms with Gasteiger partial charge < -0.3 is 20.3 Å². The van der Waals surface area contributed by atoms with E-state index >= 15 is 0 Å². The topological polar surface area (TPSA) is 60.1 Å². The van der Waals surface area contributed by atoms with Crippen molar-refractivity contribution >= 4 is 17.3 Å². The van der Waals surface area contributed by atoms with E-state index in [1.807, 2.05) is 25.2 Å². The summed E-state index contributed by atoms with van der Waals surface area (Å²) in [5.41, 5.74) is 6.09. The SMILES string of the molecule is C/C=C/C=C/C(=O)N1CC[C@]23c4ccccc4N[C@H]4Nc5cccc6c5[C@]42CCN(C13)[C@H]6[C@@H]1OC1(C)C. The number of para-hydroxylation sites is 1. The fraction of sp³-hybridized carbons (Fsp3) is 0.452. The van der Waals surface area contributed by atoms with Gasteiger partial charge in [0, 0.05) is 36.0 Å². The molecule has 37 heavy (non-hydrogen) atoms. The molecule has 2 aromatic rings. The van der Waals surface area contributed by atoms with E-state index in [4.69, 9.17) is 4.74 Å². The summed E-state index contributed by atoms with van der Waals surface area (Å²) in [6.45, 7) is 8.07. The number of carbonyl (C=O) groups excluding carboxylic acids is 1. The fourth-order valence-corrected chi connectivity index (χ4v) is 8.94. The van der Waals surface area contributed by atoms with Crippen molar-refractivity contribution < 1.29 is 9.53 Å². The van der Waals surface area contributed by atoms with E-state index in [0.717, 1.165) is 25.9 Å². The Labute approximate surface area is 218 Å². The van der Waals surface area contributed by atoms with Crippen LogP contribution >= 0.6 is 0 Å². The van der Waals surface area contributed by atoms with E-state index in [0.29, 0.717) is 0 Å². The van der Waals surface area contributed by atoms with Crippen LogP contribution in [-0.4, -0.2) is 52.8 Å². The first kappa shape index (κ1) is 21.9. The Kier molecular flexibility index (Phi) is 4.19. The van der Waals surface area contributed by atoms with Crippen molar-refractivity contribution in [2.75, 3.05) is 23.7 Å². The number of hydrogen-bond donors (Lipinski definition) is 2. The number of epoxide rings is 1. The number of amides is 1. The Morgan fingerprint density at radius 3 is 2.57 bits per heavy atom. The van der Waals surface area contributed by atoms with Gasteiger partial charge in [0.2, 0.25) is 5.91 Å². The van der Waals surface area contributed by atoms with Crippen LogP contribution in [-0.2, 0) is 20.4 Å². The van der Waals surface area contributed by atoms with Gasteiger partial charge >= 0.3 is 0 Å². The number of nitrogens with zero attached hydrogens (tertiary/aromatic N) is 2. The van der Waals surface area contributed by atoms with Gasteiger partial charge in [-0.2, -0.15) is 0 Å². The van der Waals surface area contributed by atoms with Gasteiger partial charge in [0.05, 0.1) is 23.2 Å². The third-order valence-electron chi connectivity index (χ3n) is 10.2. The van der Waals surface area contributed by atoms with Crippen molar-refractivity contribution in [1.82, 2.24) is 9.80 Å². The number of benzene rings is 2. The predicted molar refractivity (Wildman–Crippen MR) is 144 cm³/mol. The highest BCUT2D eigenvalue weighted by Gasteiger charge is 2.76. The van der Waals surface area contributed by atoms with Crippen LogP contribution in [0.1, 0.15) is 56.3 Å². The van der Waals surface area contributed by atoms with Crippen molar-refractivity contribution in [2.24, 2.45) is 0 Å². The Morgan fingerprint density at radius 2 is 1.76 bits per heavy atom. The Balaban J connectivity index is 1.42. The summed E-state index contributed by atoms with van der Waals surface area (Å²) in [6, 6.07) is 15.7. The normalized spacial score (nSPS) is 39.1. The molecule has 6 heteroatoms. The largest absolute Gasteiger partial charge is 0.365 e. The molecule has 6 nitrogen and oxygen atoms in total.